The predicted molar refractivity (Wildman–Crippen MR) is 87.9 cm³/mol. The molecule has 0 bridgehead atoms. The van der Waals surface area contributed by atoms with Crippen LogP contribution in [0.5, 0.6) is 0 Å². The maximum Gasteiger partial charge on any atom is 0.432 e. The maximum atomic E-state index is 13.8. The number of alkyl halides is 3. The molecule has 6 heteroatoms. The fraction of sp³-hybridized carbons (Fsp3) is 0.632. The van der Waals surface area contributed by atoms with Crippen LogP contribution in [0, 0.1) is 5.92 Å². The first-order valence-electron chi connectivity index (χ1n) is 8.69. The van der Waals surface area contributed by atoms with Crippen LogP contribution in [0.15, 0.2) is 30.3 Å². The fourth-order valence-electron chi connectivity index (χ4n) is 3.59. The van der Waals surface area contributed by atoms with E-state index in [1.54, 1.807) is 13.0 Å². The van der Waals surface area contributed by atoms with Gasteiger partial charge in [0, 0.05) is 12.7 Å². The molecule has 0 spiro atoms. The van der Waals surface area contributed by atoms with E-state index in [4.69, 9.17) is 9.47 Å². The van der Waals surface area contributed by atoms with Gasteiger partial charge in [0.2, 0.25) is 0 Å². The lowest BCUT2D eigenvalue weighted by Gasteiger charge is -2.34. The molecular weight excluding hydrogens is 333 g/mol. The molecule has 1 aromatic carbocycles. The smallest absolute Gasteiger partial charge is 0.432 e. The first-order valence-corrected chi connectivity index (χ1v) is 8.69. The van der Waals surface area contributed by atoms with Crippen LogP contribution in [0.25, 0.3) is 0 Å². The second-order valence-corrected chi connectivity index (χ2v) is 6.70. The van der Waals surface area contributed by atoms with Gasteiger partial charge in [0.25, 0.3) is 5.60 Å². The number of methoxy groups -OCH3 is 1. The third kappa shape index (κ3) is 4.35. The summed E-state index contributed by atoms with van der Waals surface area (Å²) in [5.41, 5.74) is -3.38. The van der Waals surface area contributed by atoms with Crippen molar-refractivity contribution in [3.8, 4) is 0 Å². The number of rotatable bonds is 6. The molecule has 1 fully saturated rings. The van der Waals surface area contributed by atoms with Gasteiger partial charge in [-0.2, -0.15) is 13.2 Å². The van der Waals surface area contributed by atoms with Crippen LogP contribution in [-0.2, 0) is 19.9 Å². The van der Waals surface area contributed by atoms with Gasteiger partial charge in [0.15, 0.2) is 0 Å². The molecule has 0 aromatic heterocycles. The number of hydrogen-bond donors (Lipinski definition) is 0. The Morgan fingerprint density at radius 1 is 1.16 bits per heavy atom. The molecule has 25 heavy (non-hydrogen) atoms. The summed E-state index contributed by atoms with van der Waals surface area (Å²) in [4.78, 5) is 12.5. The first kappa shape index (κ1) is 19.8. The zero-order valence-electron chi connectivity index (χ0n) is 14.6. The van der Waals surface area contributed by atoms with Crippen LogP contribution in [0.2, 0.25) is 0 Å². The minimum Gasteiger partial charge on any atom is -0.460 e. The number of carbonyl (C=O) groups excluding carboxylic acids is 1. The highest BCUT2D eigenvalue weighted by molar-refractivity contribution is 5.82. The van der Waals surface area contributed by atoms with Gasteiger partial charge < -0.3 is 9.47 Å². The molecule has 1 aromatic rings. The molecule has 0 aliphatic heterocycles. The van der Waals surface area contributed by atoms with Crippen molar-refractivity contribution >= 4 is 5.97 Å². The molecular formula is C19H25F3O3. The van der Waals surface area contributed by atoms with Crippen LogP contribution in [-0.4, -0.2) is 25.4 Å². The van der Waals surface area contributed by atoms with E-state index in [0.29, 0.717) is 12.3 Å². The van der Waals surface area contributed by atoms with Gasteiger partial charge in [0.1, 0.15) is 0 Å². The summed E-state index contributed by atoms with van der Waals surface area (Å²) in [6, 6.07) is 6.91. The number of ether oxygens (including phenoxy) is 2. The van der Waals surface area contributed by atoms with Crippen molar-refractivity contribution in [2.24, 2.45) is 5.92 Å². The van der Waals surface area contributed by atoms with E-state index in [1.165, 1.54) is 30.7 Å². The second kappa shape index (κ2) is 8.21. The van der Waals surface area contributed by atoms with Gasteiger partial charge in [-0.05, 0) is 19.3 Å². The predicted octanol–water partition coefficient (Wildman–Crippen LogP) is 4.99. The topological polar surface area (TPSA) is 35.5 Å². The average Bonchev–Trinajstić information content (AvgIpc) is 2.56. The quantitative estimate of drug-likeness (QED) is 0.672. The number of esters is 1. The largest absolute Gasteiger partial charge is 0.460 e. The first-order chi connectivity index (χ1) is 11.8. The van der Waals surface area contributed by atoms with Crippen LogP contribution >= 0.6 is 0 Å². The van der Waals surface area contributed by atoms with Crippen molar-refractivity contribution in [2.45, 2.75) is 63.3 Å². The Morgan fingerprint density at radius 3 is 2.28 bits per heavy atom. The second-order valence-electron chi connectivity index (χ2n) is 6.70. The van der Waals surface area contributed by atoms with Crippen LogP contribution in [0.4, 0.5) is 13.2 Å². The van der Waals surface area contributed by atoms with Crippen LogP contribution < -0.4 is 0 Å². The summed E-state index contributed by atoms with van der Waals surface area (Å²) in [5.74, 6) is -1.01. The van der Waals surface area contributed by atoms with Crippen LogP contribution in [0.1, 0.15) is 51.0 Å². The van der Waals surface area contributed by atoms with Gasteiger partial charge >= 0.3 is 12.1 Å². The van der Waals surface area contributed by atoms with Crippen molar-refractivity contribution in [2.75, 3.05) is 7.11 Å². The summed E-state index contributed by atoms with van der Waals surface area (Å²) >= 11 is 0. The number of benzene rings is 1. The summed E-state index contributed by atoms with van der Waals surface area (Å²) in [5, 5.41) is 0. The monoisotopic (exact) mass is 358 g/mol. The normalized spacial score (nSPS) is 19.9. The van der Waals surface area contributed by atoms with E-state index >= 15 is 0 Å². The van der Waals surface area contributed by atoms with E-state index < -0.39 is 23.9 Å². The number of carbonyl (C=O) groups is 1. The molecule has 1 saturated carbocycles. The molecule has 3 nitrogen and oxygen atoms in total. The highest BCUT2D eigenvalue weighted by atomic mass is 19.4. The molecule has 0 N–H and O–H groups in total. The molecule has 0 radical (unpaired) electrons. The third-order valence-corrected chi connectivity index (χ3v) is 4.87. The molecule has 140 valence electrons. The minimum absolute atomic E-state index is 0.278. The molecule has 0 unspecified atom stereocenters. The molecule has 0 amide bonds. The third-order valence-electron chi connectivity index (χ3n) is 4.87. The summed E-state index contributed by atoms with van der Waals surface area (Å²) in [6.07, 6.45) is 0.587. The Bertz CT molecular complexity index is 553. The van der Waals surface area contributed by atoms with Gasteiger partial charge in [-0.15, -0.1) is 0 Å². The lowest BCUT2D eigenvalue weighted by Crippen LogP contribution is -2.52. The summed E-state index contributed by atoms with van der Waals surface area (Å²) in [7, 11) is 0.882. The summed E-state index contributed by atoms with van der Waals surface area (Å²) < 4.78 is 51.3. The minimum atomic E-state index is -4.93. The lowest BCUT2D eigenvalue weighted by atomic mass is 9.85. The molecule has 2 atom stereocenters. The Balaban J connectivity index is 2.18. The molecule has 1 aliphatic rings. The van der Waals surface area contributed by atoms with Crippen molar-refractivity contribution in [3.63, 3.8) is 0 Å². The zero-order valence-corrected chi connectivity index (χ0v) is 14.6. The highest BCUT2D eigenvalue weighted by Gasteiger charge is 2.64. The Morgan fingerprint density at radius 2 is 1.76 bits per heavy atom. The van der Waals surface area contributed by atoms with E-state index in [-0.39, 0.29) is 5.56 Å². The van der Waals surface area contributed by atoms with Crippen molar-refractivity contribution in [1.29, 1.82) is 0 Å². The van der Waals surface area contributed by atoms with Gasteiger partial charge in [-0.25, -0.2) is 4.79 Å². The molecule has 0 heterocycles. The van der Waals surface area contributed by atoms with Crippen molar-refractivity contribution in [3.05, 3.63) is 35.9 Å². The zero-order chi connectivity index (χ0) is 18.5. The Hall–Kier alpha value is -1.56. The lowest BCUT2D eigenvalue weighted by molar-refractivity contribution is -0.278. The molecule has 0 saturated heterocycles. The average molecular weight is 358 g/mol. The van der Waals surface area contributed by atoms with Crippen molar-refractivity contribution < 1.29 is 27.4 Å². The maximum absolute atomic E-state index is 13.8. The summed E-state index contributed by atoms with van der Waals surface area (Å²) in [6.45, 7) is 1.65. The van der Waals surface area contributed by atoms with E-state index in [1.807, 2.05) is 0 Å². The van der Waals surface area contributed by atoms with E-state index in [2.05, 4.69) is 0 Å². The number of halogens is 3. The number of hydrogen-bond acceptors (Lipinski definition) is 3. The fourth-order valence-corrected chi connectivity index (χ4v) is 3.59. The van der Waals surface area contributed by atoms with Gasteiger partial charge in [-0.1, -0.05) is 62.4 Å². The van der Waals surface area contributed by atoms with Crippen molar-refractivity contribution in [1.82, 2.24) is 0 Å². The molecule has 2 rings (SSSR count). The molecule has 1 aliphatic carbocycles. The Labute approximate surface area is 146 Å². The van der Waals surface area contributed by atoms with Gasteiger partial charge in [0.05, 0.1) is 6.10 Å². The van der Waals surface area contributed by atoms with E-state index in [0.717, 1.165) is 32.8 Å². The Kier molecular flexibility index (Phi) is 6.49. The van der Waals surface area contributed by atoms with E-state index in [9.17, 15) is 18.0 Å². The van der Waals surface area contributed by atoms with Gasteiger partial charge in [-0.3, -0.25) is 0 Å². The highest BCUT2D eigenvalue weighted by Crippen LogP contribution is 2.43. The standard InChI is InChI=1S/C19H25F3O3/c1-14(13-15-9-5-3-6-10-15)25-17(23)18(24-2,19(20,21)22)16-11-7-4-8-12-16/h4,7-8,11-12,14-15H,3,5-6,9-10,13H2,1-2H3/t14-,18+/m0/s1. The SMILES string of the molecule is CO[C@@](C(=O)O[C@@H](C)CC1CCCCC1)(c1ccccc1)C(F)(F)F. The van der Waals surface area contributed by atoms with Crippen LogP contribution in [0.3, 0.4) is 0 Å².